The average molecular weight is 337 g/mol. The molecule has 0 saturated carbocycles. The summed E-state index contributed by atoms with van der Waals surface area (Å²) in [6, 6.07) is 6.75. The Kier molecular flexibility index (Phi) is 4.90. The molecule has 0 radical (unpaired) electrons. The van der Waals surface area contributed by atoms with Crippen molar-refractivity contribution in [3.63, 3.8) is 0 Å². The lowest BCUT2D eigenvalue weighted by Crippen LogP contribution is -2.55. The van der Waals surface area contributed by atoms with Crippen LogP contribution in [0.5, 0.6) is 0 Å². The Morgan fingerprint density at radius 2 is 2.22 bits per heavy atom. The number of morpholine rings is 1. The van der Waals surface area contributed by atoms with Crippen molar-refractivity contribution in [1.82, 2.24) is 20.8 Å². The van der Waals surface area contributed by atoms with Crippen LogP contribution in [0.25, 0.3) is 11.4 Å². The van der Waals surface area contributed by atoms with Gasteiger partial charge in [0.2, 0.25) is 17.6 Å². The van der Waals surface area contributed by atoms with E-state index in [0.717, 1.165) is 5.56 Å². The highest BCUT2D eigenvalue weighted by Crippen LogP contribution is 2.18. The predicted molar refractivity (Wildman–Crippen MR) is 83.8 cm³/mol. The van der Waals surface area contributed by atoms with Crippen molar-refractivity contribution < 1.29 is 14.1 Å². The summed E-state index contributed by atoms with van der Waals surface area (Å²) in [5, 5.41) is 10.4. The molecule has 3 rings (SSSR count). The van der Waals surface area contributed by atoms with E-state index in [1.807, 2.05) is 6.92 Å². The van der Waals surface area contributed by atoms with Crippen molar-refractivity contribution in [2.24, 2.45) is 0 Å². The van der Waals surface area contributed by atoms with Crippen molar-refractivity contribution >= 4 is 17.5 Å². The minimum Gasteiger partial charge on any atom is -0.375 e. The minimum atomic E-state index is -0.373. The number of rotatable bonds is 4. The van der Waals surface area contributed by atoms with Gasteiger partial charge in [0.25, 0.3) is 0 Å². The lowest BCUT2D eigenvalue weighted by molar-refractivity contribution is -0.129. The molecule has 1 aliphatic rings. The van der Waals surface area contributed by atoms with E-state index < -0.39 is 0 Å². The molecule has 2 N–H and O–H groups in total. The Hall–Kier alpha value is -1.96. The summed E-state index contributed by atoms with van der Waals surface area (Å²) in [5.74, 6) is 0.648. The summed E-state index contributed by atoms with van der Waals surface area (Å²) in [6.45, 7) is 3.30. The second kappa shape index (κ2) is 7.08. The molecule has 0 aliphatic carbocycles. The summed E-state index contributed by atoms with van der Waals surface area (Å²) in [7, 11) is 0. The molecular weight excluding hydrogens is 320 g/mol. The van der Waals surface area contributed by atoms with Gasteiger partial charge in [0.05, 0.1) is 19.3 Å². The zero-order valence-electron chi connectivity index (χ0n) is 12.6. The van der Waals surface area contributed by atoms with Crippen LogP contribution in [0.2, 0.25) is 5.02 Å². The van der Waals surface area contributed by atoms with Gasteiger partial charge in [-0.1, -0.05) is 16.8 Å². The quantitative estimate of drug-likeness (QED) is 0.877. The summed E-state index contributed by atoms with van der Waals surface area (Å²) in [6.07, 6.45) is -0.170. The Bertz CT molecular complexity index is 674. The molecule has 1 aliphatic heterocycles. The van der Waals surface area contributed by atoms with Gasteiger partial charge in [0.15, 0.2) is 0 Å². The Morgan fingerprint density at radius 3 is 2.96 bits per heavy atom. The van der Waals surface area contributed by atoms with E-state index in [0.29, 0.717) is 29.9 Å². The minimum absolute atomic E-state index is 0.150. The van der Waals surface area contributed by atoms with Crippen molar-refractivity contribution in [3.05, 3.63) is 35.2 Å². The molecule has 7 nitrogen and oxygen atoms in total. The monoisotopic (exact) mass is 336 g/mol. The Morgan fingerprint density at radius 1 is 1.43 bits per heavy atom. The van der Waals surface area contributed by atoms with Crippen LogP contribution >= 0.6 is 11.6 Å². The van der Waals surface area contributed by atoms with Gasteiger partial charge >= 0.3 is 0 Å². The number of carbonyl (C=O) groups is 1. The molecule has 1 amide bonds. The number of amides is 1. The van der Waals surface area contributed by atoms with Crippen LogP contribution in [0, 0.1) is 0 Å². The van der Waals surface area contributed by atoms with Gasteiger partial charge in [0, 0.05) is 17.1 Å². The number of aromatic nitrogens is 2. The van der Waals surface area contributed by atoms with Crippen LogP contribution in [0.15, 0.2) is 28.8 Å². The van der Waals surface area contributed by atoms with Crippen molar-refractivity contribution in [2.45, 2.75) is 25.6 Å². The number of nitrogens with one attached hydrogen (secondary N) is 2. The first-order chi connectivity index (χ1) is 11.1. The molecule has 122 valence electrons. The zero-order chi connectivity index (χ0) is 16.2. The fraction of sp³-hybridized carbons (Fsp3) is 0.400. The Labute approximate surface area is 138 Å². The second-order valence-electron chi connectivity index (χ2n) is 5.24. The van der Waals surface area contributed by atoms with Crippen molar-refractivity contribution in [2.75, 3.05) is 13.2 Å². The van der Waals surface area contributed by atoms with E-state index in [1.54, 1.807) is 24.3 Å². The van der Waals surface area contributed by atoms with Gasteiger partial charge in [-0.25, -0.2) is 0 Å². The number of ether oxygens (including phenoxy) is 1. The van der Waals surface area contributed by atoms with Crippen LogP contribution in [0.4, 0.5) is 0 Å². The molecule has 2 aromatic rings. The van der Waals surface area contributed by atoms with Crippen LogP contribution < -0.4 is 10.6 Å². The first kappa shape index (κ1) is 15.9. The average Bonchev–Trinajstić information content (AvgIpc) is 3.03. The first-order valence-corrected chi connectivity index (χ1v) is 7.72. The smallest absolute Gasteiger partial charge is 0.246 e. The molecular formula is C15H17ClN4O3. The van der Waals surface area contributed by atoms with E-state index in [-0.39, 0.29) is 24.6 Å². The molecule has 1 aromatic carbocycles. The fourth-order valence-corrected chi connectivity index (χ4v) is 2.47. The second-order valence-corrected chi connectivity index (χ2v) is 5.68. The molecule has 0 bridgehead atoms. The number of carbonyl (C=O) groups excluding carboxylic acids is 1. The molecule has 1 saturated heterocycles. The summed E-state index contributed by atoms with van der Waals surface area (Å²) >= 11 is 5.85. The highest BCUT2D eigenvalue weighted by atomic mass is 35.5. The van der Waals surface area contributed by atoms with E-state index in [2.05, 4.69) is 20.8 Å². The maximum Gasteiger partial charge on any atom is 0.246 e. The standard InChI is InChI=1S/C15H17ClN4O3/c1-9-13(17-6-7-22-9)15(21)18-8-12-19-14(20-23-12)10-2-4-11(16)5-3-10/h2-5,9,13,17H,6-8H2,1H3,(H,18,21)/t9-,13+/m1/s1. The van der Waals surface area contributed by atoms with Crippen molar-refractivity contribution in [1.29, 1.82) is 0 Å². The normalized spacial score (nSPS) is 21.1. The molecule has 2 atom stereocenters. The van der Waals surface area contributed by atoms with Crippen LogP contribution in [0.3, 0.4) is 0 Å². The molecule has 2 heterocycles. The van der Waals surface area contributed by atoms with E-state index >= 15 is 0 Å². The largest absolute Gasteiger partial charge is 0.375 e. The van der Waals surface area contributed by atoms with Gasteiger partial charge in [-0.15, -0.1) is 0 Å². The van der Waals surface area contributed by atoms with Gasteiger partial charge in [-0.05, 0) is 31.2 Å². The molecule has 1 fully saturated rings. The summed E-state index contributed by atoms with van der Waals surface area (Å²) < 4.78 is 10.6. The third-order valence-corrected chi connectivity index (χ3v) is 3.84. The third kappa shape index (κ3) is 3.87. The van der Waals surface area contributed by atoms with Crippen LogP contribution in [-0.2, 0) is 16.1 Å². The Balaban J connectivity index is 1.58. The summed E-state index contributed by atoms with van der Waals surface area (Å²) in [5.41, 5.74) is 0.798. The van der Waals surface area contributed by atoms with E-state index in [9.17, 15) is 4.79 Å². The highest BCUT2D eigenvalue weighted by Gasteiger charge is 2.28. The zero-order valence-corrected chi connectivity index (χ0v) is 13.3. The van der Waals surface area contributed by atoms with E-state index in [4.69, 9.17) is 20.9 Å². The number of benzene rings is 1. The lowest BCUT2D eigenvalue weighted by Gasteiger charge is -2.29. The maximum atomic E-state index is 12.1. The van der Waals surface area contributed by atoms with Crippen LogP contribution in [-0.4, -0.2) is 41.3 Å². The van der Waals surface area contributed by atoms with Gasteiger partial charge in [-0.3, -0.25) is 4.79 Å². The first-order valence-electron chi connectivity index (χ1n) is 7.35. The predicted octanol–water partition coefficient (Wildman–Crippen LogP) is 1.38. The topological polar surface area (TPSA) is 89.3 Å². The molecule has 0 unspecified atom stereocenters. The lowest BCUT2D eigenvalue weighted by atomic mass is 10.1. The third-order valence-electron chi connectivity index (χ3n) is 3.58. The molecule has 23 heavy (non-hydrogen) atoms. The molecule has 0 spiro atoms. The molecule has 1 aromatic heterocycles. The van der Waals surface area contributed by atoms with Crippen LogP contribution in [0.1, 0.15) is 12.8 Å². The SMILES string of the molecule is C[C@H]1OCCN[C@@H]1C(=O)NCc1nc(-c2ccc(Cl)cc2)no1. The van der Waals surface area contributed by atoms with E-state index in [1.165, 1.54) is 0 Å². The van der Waals surface area contributed by atoms with Crippen molar-refractivity contribution in [3.8, 4) is 11.4 Å². The maximum absolute atomic E-state index is 12.1. The fourth-order valence-electron chi connectivity index (χ4n) is 2.34. The molecule has 8 heteroatoms. The van der Waals surface area contributed by atoms with Gasteiger partial charge < -0.3 is 19.9 Å². The number of halogens is 1. The number of nitrogens with zero attached hydrogens (tertiary/aromatic N) is 2. The summed E-state index contributed by atoms with van der Waals surface area (Å²) in [4.78, 5) is 16.4. The van der Waals surface area contributed by atoms with Gasteiger partial charge in [-0.2, -0.15) is 4.98 Å². The van der Waals surface area contributed by atoms with Gasteiger partial charge in [0.1, 0.15) is 6.04 Å². The number of hydrogen-bond acceptors (Lipinski definition) is 6. The number of hydrogen-bond donors (Lipinski definition) is 2. The highest BCUT2D eigenvalue weighted by molar-refractivity contribution is 6.30.